The number of imidazole rings is 1. The van der Waals surface area contributed by atoms with Gasteiger partial charge in [0.15, 0.2) is 11.5 Å². The second-order valence-corrected chi connectivity index (χ2v) is 5.18. The van der Waals surface area contributed by atoms with E-state index in [2.05, 4.69) is 37.4 Å². The molecule has 3 heterocycles. The van der Waals surface area contributed by atoms with Crippen molar-refractivity contribution in [2.75, 3.05) is 5.32 Å². The van der Waals surface area contributed by atoms with Gasteiger partial charge in [0.05, 0.1) is 19.1 Å². The molecule has 1 aromatic carbocycles. The highest BCUT2D eigenvalue weighted by Crippen LogP contribution is 2.19. The Kier molecular flexibility index (Phi) is 3.48. The number of nitrogens with one attached hydrogen (secondary N) is 2. The number of fused-ring (bicyclic) bond motifs is 1. The summed E-state index contributed by atoms with van der Waals surface area (Å²) in [5, 5.41) is 3.27. The number of furan rings is 1. The minimum atomic E-state index is 0.552. The standard InChI is InChI=1S/C17H15N5O/c1-2-5-12(6-3-1)9-14-21-16(15-17(22-14)20-11-19-15)18-10-13-7-4-8-23-13/h1-8,11H,9-10H2,(H2,18,19,20,21,22). The van der Waals surface area contributed by atoms with Crippen LogP contribution in [0, 0.1) is 0 Å². The second kappa shape index (κ2) is 5.92. The molecule has 0 fully saturated rings. The van der Waals surface area contributed by atoms with Gasteiger partial charge < -0.3 is 14.7 Å². The largest absolute Gasteiger partial charge is 0.467 e. The minimum Gasteiger partial charge on any atom is -0.467 e. The zero-order valence-corrected chi connectivity index (χ0v) is 12.4. The third-order valence-corrected chi connectivity index (χ3v) is 3.54. The van der Waals surface area contributed by atoms with Gasteiger partial charge in [-0.2, -0.15) is 0 Å². The van der Waals surface area contributed by atoms with E-state index in [1.54, 1.807) is 12.6 Å². The zero-order chi connectivity index (χ0) is 15.5. The smallest absolute Gasteiger partial charge is 0.163 e. The molecule has 4 rings (SSSR count). The summed E-state index contributed by atoms with van der Waals surface area (Å²) in [5.41, 5.74) is 2.63. The highest BCUT2D eigenvalue weighted by molar-refractivity contribution is 5.82. The summed E-state index contributed by atoms with van der Waals surface area (Å²) in [7, 11) is 0. The van der Waals surface area contributed by atoms with Gasteiger partial charge in [0.2, 0.25) is 0 Å². The average molecular weight is 305 g/mol. The Hall–Kier alpha value is -3.15. The van der Waals surface area contributed by atoms with Crippen molar-refractivity contribution in [3.63, 3.8) is 0 Å². The fourth-order valence-corrected chi connectivity index (χ4v) is 2.45. The Bertz CT molecular complexity index is 899. The topological polar surface area (TPSA) is 79.6 Å². The quantitative estimate of drug-likeness (QED) is 0.592. The molecule has 0 aliphatic heterocycles. The van der Waals surface area contributed by atoms with Crippen LogP contribution in [0.2, 0.25) is 0 Å². The van der Waals surface area contributed by atoms with Gasteiger partial charge in [-0.25, -0.2) is 15.0 Å². The van der Waals surface area contributed by atoms with Crippen LogP contribution in [0.25, 0.3) is 11.2 Å². The van der Waals surface area contributed by atoms with E-state index in [1.165, 1.54) is 5.56 Å². The lowest BCUT2D eigenvalue weighted by Gasteiger charge is -2.07. The molecule has 0 bridgehead atoms. The molecule has 6 heteroatoms. The molecular formula is C17H15N5O. The van der Waals surface area contributed by atoms with Crippen molar-refractivity contribution in [3.8, 4) is 0 Å². The van der Waals surface area contributed by atoms with Gasteiger partial charge in [-0.1, -0.05) is 30.3 Å². The van der Waals surface area contributed by atoms with Crippen LogP contribution in [-0.2, 0) is 13.0 Å². The van der Waals surface area contributed by atoms with Gasteiger partial charge in [-0.05, 0) is 17.7 Å². The Morgan fingerprint density at radius 3 is 2.78 bits per heavy atom. The van der Waals surface area contributed by atoms with Gasteiger partial charge in [0, 0.05) is 6.42 Å². The molecule has 0 unspecified atom stereocenters. The van der Waals surface area contributed by atoms with E-state index in [4.69, 9.17) is 4.42 Å². The molecule has 0 radical (unpaired) electrons. The summed E-state index contributed by atoms with van der Waals surface area (Å²) in [6.45, 7) is 0.552. The number of H-pyrrole nitrogens is 1. The summed E-state index contributed by atoms with van der Waals surface area (Å²) in [6, 6.07) is 13.9. The van der Waals surface area contributed by atoms with Crippen LogP contribution >= 0.6 is 0 Å². The normalized spacial score (nSPS) is 11.0. The maximum atomic E-state index is 5.34. The van der Waals surface area contributed by atoms with Crippen LogP contribution in [0.3, 0.4) is 0 Å². The summed E-state index contributed by atoms with van der Waals surface area (Å²) < 4.78 is 5.34. The first-order valence-electron chi connectivity index (χ1n) is 7.38. The van der Waals surface area contributed by atoms with Crippen molar-refractivity contribution in [3.05, 3.63) is 72.2 Å². The number of benzene rings is 1. The molecule has 0 saturated heterocycles. The first-order valence-corrected chi connectivity index (χ1v) is 7.38. The van der Waals surface area contributed by atoms with E-state index in [1.807, 2.05) is 30.3 Å². The number of nitrogens with zero attached hydrogens (tertiary/aromatic N) is 3. The third-order valence-electron chi connectivity index (χ3n) is 3.54. The molecule has 4 aromatic rings. The Morgan fingerprint density at radius 2 is 1.96 bits per heavy atom. The molecular weight excluding hydrogens is 290 g/mol. The molecule has 2 N–H and O–H groups in total. The molecule has 0 spiro atoms. The lowest BCUT2D eigenvalue weighted by atomic mass is 10.1. The van der Waals surface area contributed by atoms with E-state index in [-0.39, 0.29) is 0 Å². The first-order chi connectivity index (χ1) is 11.4. The fourth-order valence-electron chi connectivity index (χ4n) is 2.45. The number of rotatable bonds is 5. The van der Waals surface area contributed by atoms with Gasteiger partial charge in [-0.3, -0.25) is 0 Å². The molecule has 0 saturated carbocycles. The van der Waals surface area contributed by atoms with Crippen LogP contribution in [0.4, 0.5) is 5.82 Å². The van der Waals surface area contributed by atoms with E-state index in [0.717, 1.165) is 22.7 Å². The van der Waals surface area contributed by atoms with Crippen LogP contribution < -0.4 is 5.32 Å². The summed E-state index contributed by atoms with van der Waals surface area (Å²) in [6.07, 6.45) is 3.96. The zero-order valence-electron chi connectivity index (χ0n) is 12.4. The Balaban J connectivity index is 1.64. The van der Waals surface area contributed by atoms with E-state index in [0.29, 0.717) is 18.8 Å². The minimum absolute atomic E-state index is 0.552. The first kappa shape index (κ1) is 13.5. The molecule has 6 nitrogen and oxygen atoms in total. The molecule has 3 aromatic heterocycles. The number of hydrogen-bond donors (Lipinski definition) is 2. The van der Waals surface area contributed by atoms with Crippen molar-refractivity contribution in [1.29, 1.82) is 0 Å². The lowest BCUT2D eigenvalue weighted by Crippen LogP contribution is -2.05. The molecule has 0 aliphatic rings. The highest BCUT2D eigenvalue weighted by atomic mass is 16.3. The maximum absolute atomic E-state index is 5.34. The predicted octanol–water partition coefficient (Wildman–Crippen LogP) is 3.15. The SMILES string of the molecule is c1ccc(Cc2nc(NCc3ccco3)c3nc[nH]c3n2)cc1. The van der Waals surface area contributed by atoms with Gasteiger partial charge in [-0.15, -0.1) is 0 Å². The van der Waals surface area contributed by atoms with Crippen molar-refractivity contribution < 1.29 is 4.42 Å². The van der Waals surface area contributed by atoms with Gasteiger partial charge in [0.25, 0.3) is 0 Å². The molecule has 0 atom stereocenters. The maximum Gasteiger partial charge on any atom is 0.163 e. The fraction of sp³-hybridized carbons (Fsp3) is 0.118. The van der Waals surface area contributed by atoms with E-state index < -0.39 is 0 Å². The predicted molar refractivity (Wildman–Crippen MR) is 87.0 cm³/mol. The average Bonchev–Trinajstić information content (AvgIpc) is 3.25. The highest BCUT2D eigenvalue weighted by Gasteiger charge is 2.11. The Labute approximate surface area is 132 Å². The lowest BCUT2D eigenvalue weighted by molar-refractivity contribution is 0.518. The molecule has 23 heavy (non-hydrogen) atoms. The number of hydrogen-bond acceptors (Lipinski definition) is 5. The van der Waals surface area contributed by atoms with Gasteiger partial charge >= 0.3 is 0 Å². The van der Waals surface area contributed by atoms with Crippen LogP contribution in [0.1, 0.15) is 17.1 Å². The third kappa shape index (κ3) is 2.91. The van der Waals surface area contributed by atoms with Crippen LogP contribution in [0.5, 0.6) is 0 Å². The molecule has 0 aliphatic carbocycles. The number of anilines is 1. The van der Waals surface area contributed by atoms with Crippen molar-refractivity contribution in [1.82, 2.24) is 19.9 Å². The summed E-state index contributed by atoms with van der Waals surface area (Å²) >= 11 is 0. The Morgan fingerprint density at radius 1 is 1.04 bits per heavy atom. The molecule has 114 valence electrons. The van der Waals surface area contributed by atoms with Gasteiger partial charge in [0.1, 0.15) is 17.1 Å². The summed E-state index contributed by atoms with van der Waals surface area (Å²) in [4.78, 5) is 16.5. The van der Waals surface area contributed by atoms with Crippen molar-refractivity contribution >= 4 is 17.0 Å². The summed E-state index contributed by atoms with van der Waals surface area (Å²) in [5.74, 6) is 2.30. The van der Waals surface area contributed by atoms with E-state index >= 15 is 0 Å². The number of aromatic nitrogens is 4. The van der Waals surface area contributed by atoms with Crippen LogP contribution in [-0.4, -0.2) is 19.9 Å². The number of aromatic amines is 1. The molecule has 0 amide bonds. The van der Waals surface area contributed by atoms with Crippen molar-refractivity contribution in [2.24, 2.45) is 0 Å². The van der Waals surface area contributed by atoms with Crippen molar-refractivity contribution in [2.45, 2.75) is 13.0 Å². The second-order valence-electron chi connectivity index (χ2n) is 5.18. The van der Waals surface area contributed by atoms with E-state index in [9.17, 15) is 0 Å². The van der Waals surface area contributed by atoms with Crippen LogP contribution in [0.15, 0.2) is 59.5 Å². The monoisotopic (exact) mass is 305 g/mol.